The highest BCUT2D eigenvalue weighted by atomic mass is 35.5. The average Bonchev–Trinajstić information content (AvgIpc) is 2.63. The molecule has 0 aliphatic heterocycles. The van der Waals surface area contributed by atoms with E-state index in [0.29, 0.717) is 9.21 Å². The molecule has 2 amide bonds. The Morgan fingerprint density at radius 1 is 1.56 bits per heavy atom. The fraction of sp³-hybridized carbons (Fsp3) is 0.250. The smallest absolute Gasteiger partial charge is 0.405 e. The number of halogens is 1. The summed E-state index contributed by atoms with van der Waals surface area (Å²) < 4.78 is 5.16. The number of carbonyl (C=O) groups is 2. The predicted molar refractivity (Wildman–Crippen MR) is 58.2 cm³/mol. The van der Waals surface area contributed by atoms with Gasteiger partial charge in [0.25, 0.3) is 5.91 Å². The Bertz CT molecular complexity index is 420. The van der Waals surface area contributed by atoms with Crippen molar-refractivity contribution < 1.29 is 14.3 Å². The van der Waals surface area contributed by atoms with Crippen LogP contribution >= 0.6 is 22.9 Å². The number of thiophene rings is 1. The molecule has 1 rings (SSSR count). The summed E-state index contributed by atoms with van der Waals surface area (Å²) in [5.41, 5.74) is 4.85. The van der Waals surface area contributed by atoms with E-state index in [9.17, 15) is 14.5 Å². The highest BCUT2D eigenvalue weighted by molar-refractivity contribution is 7.16. The van der Waals surface area contributed by atoms with Crippen LogP contribution in [0.5, 0.6) is 0 Å². The summed E-state index contributed by atoms with van der Waals surface area (Å²) in [6, 6.07) is 3.16. The standard InChI is InChI=1S/C8H7ClN2O4S/c9-6-2-1-5(16-6)4(15-8(10)13)3-7(12)11-14/h1-2,4H,3H2,(H2,10,13)/t4-/m0/s1. The summed E-state index contributed by atoms with van der Waals surface area (Å²) in [6.45, 7) is 0. The topological polar surface area (TPSA) is 98.8 Å². The SMILES string of the molecule is NC(=O)O[C@@H](CC(=O)N=O)c1ccc(Cl)s1. The maximum absolute atomic E-state index is 10.8. The summed E-state index contributed by atoms with van der Waals surface area (Å²) in [4.78, 5) is 32.0. The lowest BCUT2D eigenvalue weighted by Crippen LogP contribution is -2.18. The van der Waals surface area contributed by atoms with Crippen LogP contribution in [-0.2, 0) is 9.53 Å². The maximum atomic E-state index is 10.8. The van der Waals surface area contributed by atoms with Gasteiger partial charge in [-0.3, -0.25) is 4.79 Å². The molecule has 0 aliphatic rings. The maximum Gasteiger partial charge on any atom is 0.405 e. The average molecular weight is 263 g/mol. The first-order valence-electron chi connectivity index (χ1n) is 4.10. The molecule has 0 saturated heterocycles. The molecular formula is C8H7ClN2O4S. The van der Waals surface area contributed by atoms with Crippen LogP contribution in [0.4, 0.5) is 4.79 Å². The van der Waals surface area contributed by atoms with Crippen molar-refractivity contribution in [2.75, 3.05) is 0 Å². The van der Waals surface area contributed by atoms with Crippen molar-refractivity contribution in [1.29, 1.82) is 0 Å². The van der Waals surface area contributed by atoms with E-state index >= 15 is 0 Å². The molecule has 8 heteroatoms. The fourth-order valence-corrected chi connectivity index (χ4v) is 2.13. The highest BCUT2D eigenvalue weighted by Crippen LogP contribution is 2.31. The van der Waals surface area contributed by atoms with E-state index in [-0.39, 0.29) is 6.42 Å². The van der Waals surface area contributed by atoms with Gasteiger partial charge in [0.15, 0.2) is 0 Å². The van der Waals surface area contributed by atoms with Gasteiger partial charge in [-0.05, 0) is 12.1 Å². The van der Waals surface area contributed by atoms with E-state index in [2.05, 4.69) is 5.18 Å². The molecule has 1 aromatic rings. The predicted octanol–water partition coefficient (Wildman–Crippen LogP) is 2.22. The van der Waals surface area contributed by atoms with Crippen molar-refractivity contribution >= 4 is 34.9 Å². The van der Waals surface area contributed by atoms with Crippen LogP contribution < -0.4 is 5.73 Å². The van der Waals surface area contributed by atoms with Gasteiger partial charge in [-0.2, -0.15) is 0 Å². The lowest BCUT2D eigenvalue weighted by molar-refractivity contribution is -0.119. The molecule has 1 atom stereocenters. The van der Waals surface area contributed by atoms with Crippen LogP contribution in [0.2, 0.25) is 4.34 Å². The molecule has 0 saturated carbocycles. The number of nitrogens with two attached hydrogens (primary N) is 1. The molecule has 1 aromatic heterocycles. The zero-order valence-electron chi connectivity index (χ0n) is 7.88. The zero-order chi connectivity index (χ0) is 12.1. The number of hydrogen-bond donors (Lipinski definition) is 1. The van der Waals surface area contributed by atoms with Crippen LogP contribution in [0, 0.1) is 4.91 Å². The Morgan fingerprint density at radius 2 is 2.25 bits per heavy atom. The third-order valence-corrected chi connectivity index (χ3v) is 2.95. The van der Waals surface area contributed by atoms with E-state index in [1.807, 2.05) is 0 Å². The van der Waals surface area contributed by atoms with Crippen molar-refractivity contribution in [2.24, 2.45) is 10.9 Å². The van der Waals surface area contributed by atoms with Crippen molar-refractivity contribution in [2.45, 2.75) is 12.5 Å². The first-order chi connectivity index (χ1) is 7.52. The summed E-state index contributed by atoms with van der Waals surface area (Å²) in [5, 5.41) is 2.22. The third kappa shape index (κ3) is 3.59. The molecule has 16 heavy (non-hydrogen) atoms. The number of amides is 2. The van der Waals surface area contributed by atoms with Gasteiger partial charge in [0.1, 0.15) is 6.10 Å². The molecule has 2 N–H and O–H groups in total. The first kappa shape index (κ1) is 12.6. The van der Waals surface area contributed by atoms with Gasteiger partial charge >= 0.3 is 6.09 Å². The third-order valence-electron chi connectivity index (χ3n) is 1.63. The Hall–Kier alpha value is -1.47. The van der Waals surface area contributed by atoms with E-state index in [1.165, 1.54) is 0 Å². The van der Waals surface area contributed by atoms with Gasteiger partial charge in [0, 0.05) is 10.1 Å². The minimum Gasteiger partial charge on any atom is -0.440 e. The molecule has 86 valence electrons. The normalized spacial score (nSPS) is 11.8. The number of hydrogen-bond acceptors (Lipinski definition) is 5. The number of nitrogens with zero attached hydrogens (tertiary/aromatic N) is 1. The lowest BCUT2D eigenvalue weighted by atomic mass is 10.2. The summed E-state index contributed by atoms with van der Waals surface area (Å²) >= 11 is 6.82. The van der Waals surface area contributed by atoms with Gasteiger partial charge in [0.2, 0.25) is 0 Å². The van der Waals surface area contributed by atoms with Crippen molar-refractivity contribution in [3.05, 3.63) is 26.3 Å². The Labute approximate surface area is 99.3 Å². The number of carbonyl (C=O) groups excluding carboxylic acids is 2. The second-order valence-electron chi connectivity index (χ2n) is 2.76. The molecule has 0 unspecified atom stereocenters. The zero-order valence-corrected chi connectivity index (χ0v) is 9.46. The molecule has 1 heterocycles. The monoisotopic (exact) mass is 262 g/mol. The van der Waals surface area contributed by atoms with Crippen molar-refractivity contribution in [3.63, 3.8) is 0 Å². The summed E-state index contributed by atoms with van der Waals surface area (Å²) in [6.07, 6.45) is -2.29. The van der Waals surface area contributed by atoms with E-state index in [1.54, 1.807) is 12.1 Å². The second-order valence-corrected chi connectivity index (χ2v) is 4.50. The Morgan fingerprint density at radius 3 is 2.69 bits per heavy atom. The number of rotatable bonds is 4. The van der Waals surface area contributed by atoms with E-state index < -0.39 is 18.1 Å². The largest absolute Gasteiger partial charge is 0.440 e. The first-order valence-corrected chi connectivity index (χ1v) is 5.30. The second kappa shape index (κ2) is 5.57. The van der Waals surface area contributed by atoms with Crippen LogP contribution in [0.15, 0.2) is 17.3 Å². The molecule has 0 aliphatic carbocycles. The Balaban J connectivity index is 2.82. The number of ether oxygens (including phenoxy) is 1. The number of nitroso groups, excluding NO2 is 1. The van der Waals surface area contributed by atoms with Crippen LogP contribution in [0.1, 0.15) is 17.4 Å². The summed E-state index contributed by atoms with van der Waals surface area (Å²) in [7, 11) is 0. The number of primary amides is 1. The molecule has 0 fully saturated rings. The Kier molecular flexibility index (Phi) is 4.39. The molecular weight excluding hydrogens is 256 g/mol. The lowest BCUT2D eigenvalue weighted by Gasteiger charge is -2.12. The van der Waals surface area contributed by atoms with E-state index in [0.717, 1.165) is 11.3 Å². The van der Waals surface area contributed by atoms with Crippen LogP contribution in [0.25, 0.3) is 0 Å². The molecule has 0 radical (unpaired) electrons. The van der Waals surface area contributed by atoms with Gasteiger partial charge < -0.3 is 10.5 Å². The van der Waals surface area contributed by atoms with Gasteiger partial charge in [-0.25, -0.2) is 4.79 Å². The van der Waals surface area contributed by atoms with Crippen LogP contribution in [-0.4, -0.2) is 12.0 Å². The van der Waals surface area contributed by atoms with Gasteiger partial charge in [-0.15, -0.1) is 16.2 Å². The molecule has 0 aromatic carbocycles. The van der Waals surface area contributed by atoms with Gasteiger partial charge in [0.05, 0.1) is 10.8 Å². The van der Waals surface area contributed by atoms with Crippen molar-refractivity contribution in [3.8, 4) is 0 Å². The van der Waals surface area contributed by atoms with Crippen molar-refractivity contribution in [1.82, 2.24) is 0 Å². The summed E-state index contributed by atoms with van der Waals surface area (Å²) in [5.74, 6) is -0.921. The molecule has 0 bridgehead atoms. The van der Waals surface area contributed by atoms with Gasteiger partial charge in [-0.1, -0.05) is 11.6 Å². The quantitative estimate of drug-likeness (QED) is 0.841. The van der Waals surface area contributed by atoms with E-state index in [4.69, 9.17) is 22.1 Å². The fourth-order valence-electron chi connectivity index (χ4n) is 1.04. The minimum atomic E-state index is -1.03. The minimum absolute atomic E-state index is 0.344. The highest BCUT2D eigenvalue weighted by Gasteiger charge is 2.21. The van der Waals surface area contributed by atoms with Crippen LogP contribution in [0.3, 0.4) is 0 Å². The molecule has 0 spiro atoms. The molecule has 6 nitrogen and oxygen atoms in total.